The Morgan fingerprint density at radius 1 is 0.619 bits per heavy atom. The van der Waals surface area contributed by atoms with E-state index >= 15 is 0 Å². The van der Waals surface area contributed by atoms with Gasteiger partial charge in [-0.2, -0.15) is 0 Å². The van der Waals surface area contributed by atoms with Gasteiger partial charge in [0, 0.05) is 0 Å². The predicted octanol–water partition coefficient (Wildman–Crippen LogP) is 5.48. The fourth-order valence-electron chi connectivity index (χ4n) is 1.46. The van der Waals surface area contributed by atoms with Crippen molar-refractivity contribution < 1.29 is 26.2 Å². The van der Waals surface area contributed by atoms with Gasteiger partial charge in [0.15, 0.2) is 0 Å². The number of aryl methyl sites for hydroxylation is 2. The predicted molar refractivity (Wildman–Crippen MR) is 89.3 cm³/mol. The van der Waals surface area contributed by atoms with Gasteiger partial charge in [0.25, 0.3) is 0 Å². The minimum absolute atomic E-state index is 0. The molecule has 1 nitrogen and oxygen atoms in total. The van der Waals surface area contributed by atoms with Crippen molar-refractivity contribution in [3.05, 3.63) is 107 Å². The molecule has 1 aromatic rings. The molecule has 0 amide bonds. The summed E-state index contributed by atoms with van der Waals surface area (Å²) in [5.41, 5.74) is 10.2. The summed E-state index contributed by atoms with van der Waals surface area (Å²) < 4.78 is 0. The van der Waals surface area contributed by atoms with Crippen molar-refractivity contribution in [3.63, 3.8) is 0 Å². The van der Waals surface area contributed by atoms with E-state index in [9.17, 15) is 0 Å². The Labute approximate surface area is 152 Å². The van der Waals surface area contributed by atoms with Gasteiger partial charge < -0.3 is 13.2 Å². The second-order valence-electron chi connectivity index (χ2n) is 4.19. The number of hydrogen-bond donors (Lipinski definition) is 0. The van der Waals surface area contributed by atoms with Crippen LogP contribution in [-0.2, 0) is 26.2 Å². The zero-order chi connectivity index (χ0) is 13.9. The minimum Gasteiger partial charge on any atom is -0.698 e. The van der Waals surface area contributed by atoms with Crippen LogP contribution in [0.25, 0.3) is 5.73 Å². The molecule has 108 valence electrons. The Morgan fingerprint density at radius 3 is 1.05 bits per heavy atom. The molecule has 0 bridgehead atoms. The van der Waals surface area contributed by atoms with E-state index in [4.69, 9.17) is 5.73 Å². The zero-order valence-corrected chi connectivity index (χ0v) is 15.5. The average molecular weight is 357 g/mol. The van der Waals surface area contributed by atoms with Crippen molar-refractivity contribution in [2.24, 2.45) is 0 Å². The van der Waals surface area contributed by atoms with Crippen molar-refractivity contribution in [3.8, 4) is 0 Å². The smallest absolute Gasteiger partial charge is 0.698 e. The second kappa shape index (κ2) is 14.8. The van der Waals surface area contributed by atoms with Gasteiger partial charge in [-0.05, 0) is 78.1 Å². The molecule has 2 aliphatic carbocycles. The molecule has 2 saturated carbocycles. The van der Waals surface area contributed by atoms with Gasteiger partial charge in [-0.1, -0.05) is 29.3 Å². The molecular weight excluding hydrogens is 333 g/mol. The average Bonchev–Trinajstić information content (AvgIpc) is 3.11. The fourth-order valence-corrected chi connectivity index (χ4v) is 1.46. The quantitative estimate of drug-likeness (QED) is 0.550. The molecule has 0 unspecified atom stereocenters. The third-order valence-electron chi connectivity index (χ3n) is 2.59. The molecule has 2 aliphatic rings. The van der Waals surface area contributed by atoms with Crippen LogP contribution in [0.1, 0.15) is 11.1 Å². The fraction of sp³-hybridized carbons (Fsp3) is 0.105. The Kier molecular flexibility index (Phi) is 16.4. The molecule has 0 aromatic heterocycles. The molecule has 1 aromatic carbocycles. The first kappa shape index (κ1) is 23.2. The molecule has 21 heavy (non-hydrogen) atoms. The summed E-state index contributed by atoms with van der Waals surface area (Å²) in [6.45, 7) is 3.91. The molecule has 0 atom stereocenters. The van der Waals surface area contributed by atoms with E-state index in [1.165, 1.54) is 0 Å². The van der Waals surface area contributed by atoms with Crippen molar-refractivity contribution in [2.75, 3.05) is 0 Å². The Balaban J connectivity index is 0. The van der Waals surface area contributed by atoms with Gasteiger partial charge in [-0.3, -0.25) is 0 Å². The molecule has 2 fully saturated rings. The van der Waals surface area contributed by atoms with Crippen LogP contribution in [0.3, 0.4) is 0 Å². The van der Waals surface area contributed by atoms with Gasteiger partial charge in [-0.15, -0.1) is 5.69 Å². The maximum absolute atomic E-state index is 7.44. The van der Waals surface area contributed by atoms with E-state index in [1.54, 1.807) is 0 Å². The molecule has 3 rings (SSSR count). The summed E-state index contributed by atoms with van der Waals surface area (Å²) in [5.74, 6) is 0. The normalized spacial score (nSPS) is 15.5. The molecular formula is C19H23NZr. The monoisotopic (exact) mass is 355 g/mol. The van der Waals surface area contributed by atoms with Crippen LogP contribution >= 0.6 is 0 Å². The van der Waals surface area contributed by atoms with E-state index < -0.39 is 0 Å². The van der Waals surface area contributed by atoms with E-state index in [2.05, 4.69) is 0 Å². The van der Waals surface area contributed by atoms with E-state index in [-0.39, 0.29) is 33.6 Å². The molecule has 0 spiro atoms. The molecule has 0 heterocycles. The van der Waals surface area contributed by atoms with Crippen LogP contribution in [0, 0.1) is 85.5 Å². The van der Waals surface area contributed by atoms with Crippen LogP contribution < -0.4 is 0 Å². The van der Waals surface area contributed by atoms with Gasteiger partial charge in [0.1, 0.15) is 0 Å². The zero-order valence-electron chi connectivity index (χ0n) is 13.0. The van der Waals surface area contributed by atoms with Gasteiger partial charge in [0.05, 0.1) is 0 Å². The van der Waals surface area contributed by atoms with Crippen LogP contribution in [0.2, 0.25) is 0 Å². The number of rotatable bonds is 0. The SMILES string of the molecule is Cc1cccc(C)c1[NH-].[CH3-].[CH]1[CH][CH][CH][CH]1.[CH]1[CH][CH][CH][CH]1.[Zr+2]. The summed E-state index contributed by atoms with van der Waals surface area (Å²) in [5, 5.41) is 0. The van der Waals surface area contributed by atoms with Crippen LogP contribution in [0.5, 0.6) is 0 Å². The number of benzene rings is 1. The van der Waals surface area contributed by atoms with Crippen LogP contribution in [0.15, 0.2) is 18.2 Å². The molecule has 2 heteroatoms. The summed E-state index contributed by atoms with van der Waals surface area (Å²) >= 11 is 0. The second-order valence-corrected chi connectivity index (χ2v) is 4.19. The van der Waals surface area contributed by atoms with Crippen molar-refractivity contribution >= 4 is 5.69 Å². The standard InChI is InChI=1S/C8H10N.2C5H5.CH3.Zr/c1-6-4-3-5-7(2)8(6)9;2*1-2-4-5-3-1;;/h3-5,9H,1-2H3;2*1-5H;1H3;/q-1;;;-1;+2. The van der Waals surface area contributed by atoms with Gasteiger partial charge >= 0.3 is 26.2 Å². The molecule has 0 aliphatic heterocycles. The summed E-state index contributed by atoms with van der Waals surface area (Å²) in [6.07, 6.45) is 20.0. The topological polar surface area (TPSA) is 23.8 Å². The summed E-state index contributed by atoms with van der Waals surface area (Å²) in [7, 11) is 0. The largest absolute Gasteiger partial charge is 2.00 e. The molecule has 0 saturated heterocycles. The van der Waals surface area contributed by atoms with E-state index in [0.717, 1.165) is 11.1 Å². The first-order chi connectivity index (χ1) is 9.22. The van der Waals surface area contributed by atoms with Crippen molar-refractivity contribution in [1.82, 2.24) is 0 Å². The third kappa shape index (κ3) is 11.2. The van der Waals surface area contributed by atoms with Crippen molar-refractivity contribution in [1.29, 1.82) is 0 Å². The van der Waals surface area contributed by atoms with Crippen LogP contribution in [-0.4, -0.2) is 0 Å². The maximum atomic E-state index is 7.44. The third-order valence-corrected chi connectivity index (χ3v) is 2.59. The van der Waals surface area contributed by atoms with E-state index in [1.807, 2.05) is 96.3 Å². The summed E-state index contributed by atoms with van der Waals surface area (Å²) in [4.78, 5) is 0. The van der Waals surface area contributed by atoms with E-state index in [0.29, 0.717) is 5.69 Å². The Morgan fingerprint density at radius 2 is 0.857 bits per heavy atom. The van der Waals surface area contributed by atoms with Gasteiger partial charge in [-0.25, -0.2) is 0 Å². The van der Waals surface area contributed by atoms with Crippen molar-refractivity contribution in [2.45, 2.75) is 13.8 Å². The first-order valence-corrected chi connectivity index (χ1v) is 6.33. The number of nitrogens with one attached hydrogen (secondary N) is 1. The first-order valence-electron chi connectivity index (χ1n) is 6.33. The maximum Gasteiger partial charge on any atom is 2.00 e. The van der Waals surface area contributed by atoms with Gasteiger partial charge in [0.2, 0.25) is 0 Å². The summed E-state index contributed by atoms with van der Waals surface area (Å²) in [6, 6.07) is 5.88. The van der Waals surface area contributed by atoms with Crippen LogP contribution in [0.4, 0.5) is 5.69 Å². The minimum atomic E-state index is 0. The Hall–Kier alpha value is -0.0969. The molecule has 10 radical (unpaired) electrons. The number of hydrogen-bond acceptors (Lipinski definition) is 0. The molecule has 1 N–H and O–H groups in total. The Bertz CT molecular complexity index is 296.